The highest BCUT2D eigenvalue weighted by Gasteiger charge is 2.13. The summed E-state index contributed by atoms with van der Waals surface area (Å²) in [5.74, 6) is -0.393. The molecular formula is C13H13ClFNS. The summed E-state index contributed by atoms with van der Waals surface area (Å²) in [5, 5.41) is 5.33. The minimum absolute atomic E-state index is 0.0722. The maximum atomic E-state index is 13.7. The van der Waals surface area contributed by atoms with Crippen LogP contribution in [0.1, 0.15) is 23.4 Å². The summed E-state index contributed by atoms with van der Waals surface area (Å²) in [5.41, 5.74) is 1.66. The lowest BCUT2D eigenvalue weighted by Gasteiger charge is -2.15. The van der Waals surface area contributed by atoms with E-state index in [1.807, 2.05) is 12.3 Å². The van der Waals surface area contributed by atoms with Crippen LogP contribution < -0.4 is 5.32 Å². The van der Waals surface area contributed by atoms with Gasteiger partial charge in [-0.25, -0.2) is 4.39 Å². The second kappa shape index (κ2) is 5.07. The van der Waals surface area contributed by atoms with Crippen LogP contribution in [-0.4, -0.2) is 0 Å². The molecule has 1 atom stereocenters. The third-order valence-electron chi connectivity index (χ3n) is 2.62. The standard InChI is InChI=1S/C13H13ClFNS/c1-8-6-7-17-13(8)9(2)16-11-5-3-4-10(14)12(11)15/h3-7,9,16H,1-2H3. The van der Waals surface area contributed by atoms with Crippen molar-refractivity contribution in [1.29, 1.82) is 0 Å². The van der Waals surface area contributed by atoms with Crippen LogP contribution in [0, 0.1) is 12.7 Å². The molecule has 0 aliphatic carbocycles. The van der Waals surface area contributed by atoms with E-state index >= 15 is 0 Å². The Labute approximate surface area is 109 Å². The van der Waals surface area contributed by atoms with Crippen LogP contribution in [-0.2, 0) is 0 Å². The fraction of sp³-hybridized carbons (Fsp3) is 0.231. The maximum Gasteiger partial charge on any atom is 0.164 e. The van der Waals surface area contributed by atoms with Crippen LogP contribution in [0.3, 0.4) is 0 Å². The van der Waals surface area contributed by atoms with Gasteiger partial charge in [-0.05, 0) is 43.0 Å². The number of anilines is 1. The van der Waals surface area contributed by atoms with Gasteiger partial charge in [0.15, 0.2) is 5.82 Å². The van der Waals surface area contributed by atoms with Crippen LogP contribution in [0.2, 0.25) is 5.02 Å². The number of hydrogen-bond donors (Lipinski definition) is 1. The first-order valence-electron chi connectivity index (χ1n) is 5.34. The molecule has 0 spiro atoms. The first kappa shape index (κ1) is 12.4. The summed E-state index contributed by atoms with van der Waals surface area (Å²) in [6.45, 7) is 4.07. The fourth-order valence-corrected chi connectivity index (χ4v) is 2.85. The Morgan fingerprint density at radius 2 is 2.12 bits per heavy atom. The Kier molecular flexibility index (Phi) is 3.69. The molecule has 1 nitrogen and oxygen atoms in total. The molecule has 1 aromatic heterocycles. The van der Waals surface area contributed by atoms with Crippen molar-refractivity contribution in [3.63, 3.8) is 0 Å². The SMILES string of the molecule is Cc1ccsc1C(C)Nc1cccc(Cl)c1F. The van der Waals surface area contributed by atoms with Crippen molar-refractivity contribution in [3.8, 4) is 0 Å². The largest absolute Gasteiger partial charge is 0.375 e. The van der Waals surface area contributed by atoms with Crippen LogP contribution in [0.5, 0.6) is 0 Å². The lowest BCUT2D eigenvalue weighted by atomic mass is 10.2. The molecule has 1 unspecified atom stereocenters. The van der Waals surface area contributed by atoms with Gasteiger partial charge >= 0.3 is 0 Å². The Morgan fingerprint density at radius 1 is 1.35 bits per heavy atom. The van der Waals surface area contributed by atoms with Gasteiger partial charge in [0.05, 0.1) is 16.8 Å². The first-order valence-corrected chi connectivity index (χ1v) is 6.60. The van der Waals surface area contributed by atoms with Crippen molar-refractivity contribution < 1.29 is 4.39 Å². The number of hydrogen-bond acceptors (Lipinski definition) is 2. The molecule has 0 aliphatic rings. The van der Waals surface area contributed by atoms with Gasteiger partial charge in [0, 0.05) is 4.88 Å². The van der Waals surface area contributed by atoms with Crippen LogP contribution >= 0.6 is 22.9 Å². The number of benzene rings is 1. The third-order valence-corrected chi connectivity index (χ3v) is 4.11. The monoisotopic (exact) mass is 269 g/mol. The summed E-state index contributed by atoms with van der Waals surface area (Å²) in [7, 11) is 0. The smallest absolute Gasteiger partial charge is 0.164 e. The highest BCUT2D eigenvalue weighted by atomic mass is 35.5. The number of halogens is 2. The van der Waals surface area contributed by atoms with E-state index in [1.165, 1.54) is 10.4 Å². The van der Waals surface area contributed by atoms with Crippen LogP contribution in [0.4, 0.5) is 10.1 Å². The minimum atomic E-state index is -0.393. The van der Waals surface area contributed by atoms with Crippen molar-refractivity contribution in [2.45, 2.75) is 19.9 Å². The topological polar surface area (TPSA) is 12.0 Å². The lowest BCUT2D eigenvalue weighted by Crippen LogP contribution is -2.07. The molecule has 0 bridgehead atoms. The quantitative estimate of drug-likeness (QED) is 0.825. The zero-order valence-corrected chi connectivity index (χ0v) is 11.2. The van der Waals surface area contributed by atoms with Gasteiger partial charge in [-0.3, -0.25) is 0 Å². The number of nitrogens with one attached hydrogen (secondary N) is 1. The molecule has 1 heterocycles. The van der Waals surface area contributed by atoms with Gasteiger partial charge in [0.25, 0.3) is 0 Å². The zero-order valence-electron chi connectivity index (χ0n) is 9.63. The van der Waals surface area contributed by atoms with Crippen molar-refractivity contribution >= 4 is 28.6 Å². The van der Waals surface area contributed by atoms with Gasteiger partial charge in [-0.1, -0.05) is 17.7 Å². The molecule has 1 N–H and O–H groups in total. The molecule has 0 aliphatic heterocycles. The molecule has 0 radical (unpaired) electrons. The molecule has 0 fully saturated rings. The number of rotatable bonds is 3. The van der Waals surface area contributed by atoms with E-state index in [4.69, 9.17) is 11.6 Å². The van der Waals surface area contributed by atoms with E-state index in [-0.39, 0.29) is 11.1 Å². The summed E-state index contributed by atoms with van der Waals surface area (Å²) in [6, 6.07) is 7.11. The molecule has 1 aromatic carbocycles. The van der Waals surface area contributed by atoms with Gasteiger partial charge in [0.1, 0.15) is 0 Å². The molecule has 90 valence electrons. The predicted molar refractivity (Wildman–Crippen MR) is 72.5 cm³/mol. The van der Waals surface area contributed by atoms with Gasteiger partial charge in [-0.15, -0.1) is 11.3 Å². The normalized spacial score (nSPS) is 12.5. The summed E-state index contributed by atoms with van der Waals surface area (Å²) >= 11 is 7.41. The molecule has 4 heteroatoms. The van der Waals surface area contributed by atoms with Crippen LogP contribution in [0.15, 0.2) is 29.6 Å². The van der Waals surface area contributed by atoms with Crippen molar-refractivity contribution in [2.75, 3.05) is 5.32 Å². The maximum absolute atomic E-state index is 13.7. The van der Waals surface area contributed by atoms with E-state index in [0.717, 1.165) is 0 Å². The molecular weight excluding hydrogens is 257 g/mol. The highest BCUT2D eigenvalue weighted by Crippen LogP contribution is 2.29. The Bertz CT molecular complexity index is 524. The summed E-state index contributed by atoms with van der Waals surface area (Å²) in [4.78, 5) is 1.21. The highest BCUT2D eigenvalue weighted by molar-refractivity contribution is 7.10. The van der Waals surface area contributed by atoms with E-state index in [2.05, 4.69) is 18.3 Å². The van der Waals surface area contributed by atoms with E-state index in [0.29, 0.717) is 5.69 Å². The molecule has 0 saturated heterocycles. The second-order valence-corrected chi connectivity index (χ2v) is 5.29. The van der Waals surface area contributed by atoms with Crippen molar-refractivity contribution in [3.05, 3.63) is 50.9 Å². The first-order chi connectivity index (χ1) is 8.09. The van der Waals surface area contributed by atoms with Crippen molar-refractivity contribution in [1.82, 2.24) is 0 Å². The van der Waals surface area contributed by atoms with Crippen LogP contribution in [0.25, 0.3) is 0 Å². The molecule has 2 aromatic rings. The number of aryl methyl sites for hydroxylation is 1. The predicted octanol–water partition coefficient (Wildman–Crippen LogP) is 5.02. The summed E-state index contributed by atoms with van der Waals surface area (Å²) in [6.07, 6.45) is 0. The minimum Gasteiger partial charge on any atom is -0.375 e. The van der Waals surface area contributed by atoms with E-state index in [1.54, 1.807) is 29.5 Å². The summed E-state index contributed by atoms with van der Waals surface area (Å²) < 4.78 is 13.7. The van der Waals surface area contributed by atoms with E-state index < -0.39 is 5.82 Å². The second-order valence-electron chi connectivity index (χ2n) is 3.94. The van der Waals surface area contributed by atoms with Gasteiger partial charge in [-0.2, -0.15) is 0 Å². The zero-order chi connectivity index (χ0) is 12.4. The fourth-order valence-electron chi connectivity index (χ4n) is 1.74. The molecule has 17 heavy (non-hydrogen) atoms. The average molecular weight is 270 g/mol. The third kappa shape index (κ3) is 2.61. The molecule has 2 rings (SSSR count). The van der Waals surface area contributed by atoms with Gasteiger partial charge in [0.2, 0.25) is 0 Å². The Balaban J connectivity index is 2.22. The Morgan fingerprint density at radius 3 is 2.76 bits per heavy atom. The lowest BCUT2D eigenvalue weighted by molar-refractivity contribution is 0.628. The number of thiophene rings is 1. The Hall–Kier alpha value is -1.06. The molecule has 0 saturated carbocycles. The van der Waals surface area contributed by atoms with E-state index in [9.17, 15) is 4.39 Å². The average Bonchev–Trinajstić information content (AvgIpc) is 2.71. The van der Waals surface area contributed by atoms with Gasteiger partial charge < -0.3 is 5.32 Å². The van der Waals surface area contributed by atoms with Crippen molar-refractivity contribution in [2.24, 2.45) is 0 Å². The molecule has 0 amide bonds.